The monoisotopic (exact) mass is 546 g/mol. The Hall–Kier alpha value is -4.91. The van der Waals surface area contributed by atoms with Gasteiger partial charge < -0.3 is 19.2 Å². The number of ketones is 1. The highest BCUT2D eigenvalue weighted by Crippen LogP contribution is 2.27. The van der Waals surface area contributed by atoms with Crippen LogP contribution in [0.25, 0.3) is 11.1 Å². The van der Waals surface area contributed by atoms with Crippen molar-refractivity contribution in [1.82, 2.24) is 4.98 Å². The van der Waals surface area contributed by atoms with Gasteiger partial charge in [-0.1, -0.05) is 78.9 Å². The number of aliphatic carboxylic acids is 1. The van der Waals surface area contributed by atoms with Crippen LogP contribution >= 0.6 is 0 Å². The van der Waals surface area contributed by atoms with Gasteiger partial charge in [-0.2, -0.15) is 4.98 Å². The third-order valence-electron chi connectivity index (χ3n) is 7.52. The molecule has 0 radical (unpaired) electrons. The van der Waals surface area contributed by atoms with Crippen molar-refractivity contribution in [1.29, 1.82) is 0 Å². The third-order valence-corrected chi connectivity index (χ3v) is 7.52. The summed E-state index contributed by atoms with van der Waals surface area (Å²) >= 11 is 0. The summed E-state index contributed by atoms with van der Waals surface area (Å²) in [6, 6.07) is 32.3. The number of ether oxygens (including phenoxy) is 1. The van der Waals surface area contributed by atoms with Gasteiger partial charge in [-0.05, 0) is 48.2 Å². The van der Waals surface area contributed by atoms with E-state index in [1.807, 2.05) is 84.9 Å². The van der Waals surface area contributed by atoms with E-state index in [2.05, 4.69) is 9.88 Å². The number of hydrogen-bond acceptors (Lipinski definition) is 6. The lowest BCUT2D eigenvalue weighted by Gasteiger charge is -2.17. The first-order chi connectivity index (χ1) is 20.0. The molecule has 2 atom stereocenters. The number of carbonyl (C=O) groups is 2. The van der Waals surface area contributed by atoms with Crippen molar-refractivity contribution in [2.75, 3.05) is 18.0 Å². The molecule has 2 heterocycles. The van der Waals surface area contributed by atoms with Crippen LogP contribution < -0.4 is 9.64 Å². The quantitative estimate of drug-likeness (QED) is 0.208. The minimum Gasteiger partial charge on any atom is -0.489 e. The highest BCUT2D eigenvalue weighted by molar-refractivity contribution is 6.09. The molecule has 1 N–H and O–H groups in total. The van der Waals surface area contributed by atoms with Crippen LogP contribution in [-0.4, -0.2) is 41.0 Å². The molecule has 1 aliphatic rings. The average Bonchev–Trinajstić information content (AvgIpc) is 3.65. The van der Waals surface area contributed by atoms with Crippen molar-refractivity contribution < 1.29 is 23.8 Å². The lowest BCUT2D eigenvalue weighted by Crippen LogP contribution is -2.24. The molecule has 0 saturated carbocycles. The maximum atomic E-state index is 13.1. The summed E-state index contributed by atoms with van der Waals surface area (Å²) in [5.41, 5.74) is 4.37. The molecule has 1 unspecified atom stereocenters. The van der Waals surface area contributed by atoms with Gasteiger partial charge in [-0.15, -0.1) is 0 Å². The smallest absolute Gasteiger partial charge is 0.307 e. The van der Waals surface area contributed by atoms with Gasteiger partial charge in [-0.25, -0.2) is 0 Å². The molecule has 41 heavy (non-hydrogen) atoms. The number of carboxylic acid groups (broad SMARTS) is 1. The molecule has 7 nitrogen and oxygen atoms in total. The maximum Gasteiger partial charge on any atom is 0.307 e. The van der Waals surface area contributed by atoms with Crippen molar-refractivity contribution in [3.8, 4) is 5.75 Å². The van der Waals surface area contributed by atoms with Crippen LogP contribution in [0.1, 0.15) is 33.5 Å². The van der Waals surface area contributed by atoms with Crippen molar-refractivity contribution >= 4 is 28.9 Å². The molecule has 0 amide bonds. The van der Waals surface area contributed by atoms with Gasteiger partial charge in [0.1, 0.15) is 17.4 Å². The standard InChI is InChI=1S/C34H30N2O5/c37-32(24-8-2-1-3-9-24)29-11-5-4-10-25(29)21-26(33(38)39)20-23-14-16-27(17-15-23)40-28-18-19-36(22-28)34-35-30-12-6-7-13-31(30)41-34/h1-17,26,28H,18-22H2,(H,38,39)/t26?,28-/m1/s1. The van der Waals surface area contributed by atoms with Crippen LogP contribution in [0, 0.1) is 5.92 Å². The van der Waals surface area contributed by atoms with E-state index in [0.29, 0.717) is 30.1 Å². The number of fused-ring (bicyclic) bond motifs is 1. The van der Waals surface area contributed by atoms with E-state index in [1.54, 1.807) is 18.2 Å². The first-order valence-corrected chi connectivity index (χ1v) is 13.8. The topological polar surface area (TPSA) is 92.9 Å². The number of carbonyl (C=O) groups excluding carboxylic acids is 1. The minimum atomic E-state index is -0.891. The van der Waals surface area contributed by atoms with Gasteiger partial charge in [0.05, 0.1) is 12.5 Å². The van der Waals surface area contributed by atoms with E-state index in [4.69, 9.17) is 9.15 Å². The Morgan fingerprint density at radius 1 is 0.902 bits per heavy atom. The molecule has 1 aromatic heterocycles. The normalized spacial score (nSPS) is 15.6. The molecule has 1 aliphatic heterocycles. The Morgan fingerprint density at radius 3 is 2.41 bits per heavy atom. The second-order valence-electron chi connectivity index (χ2n) is 10.4. The van der Waals surface area contributed by atoms with Crippen molar-refractivity contribution in [3.63, 3.8) is 0 Å². The number of rotatable bonds is 10. The Kier molecular flexibility index (Phi) is 7.50. The van der Waals surface area contributed by atoms with Crippen molar-refractivity contribution in [2.24, 2.45) is 5.92 Å². The number of benzene rings is 4. The number of para-hydroxylation sites is 2. The summed E-state index contributed by atoms with van der Waals surface area (Å²) in [5, 5.41) is 10.0. The lowest BCUT2D eigenvalue weighted by molar-refractivity contribution is -0.141. The number of hydrogen-bond donors (Lipinski definition) is 1. The molecular weight excluding hydrogens is 516 g/mol. The number of anilines is 1. The van der Waals surface area contributed by atoms with Gasteiger partial charge in [-0.3, -0.25) is 9.59 Å². The van der Waals surface area contributed by atoms with E-state index in [-0.39, 0.29) is 18.3 Å². The fourth-order valence-electron chi connectivity index (χ4n) is 5.35. The third kappa shape index (κ3) is 5.99. The van der Waals surface area contributed by atoms with Crippen LogP contribution in [0.4, 0.5) is 6.01 Å². The van der Waals surface area contributed by atoms with Crippen LogP contribution in [0.5, 0.6) is 5.75 Å². The van der Waals surface area contributed by atoms with Gasteiger partial charge in [0.25, 0.3) is 6.01 Å². The first kappa shape index (κ1) is 26.3. The zero-order valence-electron chi connectivity index (χ0n) is 22.5. The zero-order chi connectivity index (χ0) is 28.2. The van der Waals surface area contributed by atoms with Crippen LogP contribution in [-0.2, 0) is 17.6 Å². The summed E-state index contributed by atoms with van der Waals surface area (Å²) in [6.07, 6.45) is 1.46. The SMILES string of the molecule is O=C(c1ccccc1)c1ccccc1CC(Cc1ccc(O[C@@H]2CCN(c3nc4ccccc4o3)C2)cc1)C(=O)O. The summed E-state index contributed by atoms with van der Waals surface area (Å²) < 4.78 is 12.1. The molecule has 206 valence electrons. The number of carboxylic acids is 1. The second kappa shape index (κ2) is 11.7. The van der Waals surface area contributed by atoms with Gasteiger partial charge in [0.15, 0.2) is 11.4 Å². The first-order valence-electron chi connectivity index (χ1n) is 13.8. The summed E-state index contributed by atoms with van der Waals surface area (Å²) in [5.74, 6) is -0.930. The maximum absolute atomic E-state index is 13.1. The fourth-order valence-corrected chi connectivity index (χ4v) is 5.35. The summed E-state index contributed by atoms with van der Waals surface area (Å²) in [7, 11) is 0. The van der Waals surface area contributed by atoms with Crippen LogP contribution in [0.3, 0.4) is 0 Å². The van der Waals surface area contributed by atoms with E-state index in [0.717, 1.165) is 40.9 Å². The highest BCUT2D eigenvalue weighted by Gasteiger charge is 2.28. The molecule has 1 fully saturated rings. The minimum absolute atomic E-state index is 0.00119. The molecule has 1 saturated heterocycles. The highest BCUT2D eigenvalue weighted by atomic mass is 16.5. The average molecular weight is 547 g/mol. The predicted octanol–water partition coefficient (Wildman–Crippen LogP) is 6.20. The number of nitrogens with zero attached hydrogens (tertiary/aromatic N) is 2. The van der Waals surface area contributed by atoms with Gasteiger partial charge in [0.2, 0.25) is 0 Å². The van der Waals surface area contributed by atoms with E-state index in [1.165, 1.54) is 0 Å². The van der Waals surface area contributed by atoms with Crippen molar-refractivity contribution in [3.05, 3.63) is 125 Å². The van der Waals surface area contributed by atoms with E-state index >= 15 is 0 Å². The van der Waals surface area contributed by atoms with Crippen molar-refractivity contribution in [2.45, 2.75) is 25.4 Å². The molecule has 6 rings (SSSR count). The molecular formula is C34H30N2O5. The largest absolute Gasteiger partial charge is 0.489 e. The van der Waals surface area contributed by atoms with Gasteiger partial charge >= 0.3 is 5.97 Å². The molecule has 7 heteroatoms. The second-order valence-corrected chi connectivity index (χ2v) is 10.4. The van der Waals surface area contributed by atoms with E-state index < -0.39 is 11.9 Å². The van der Waals surface area contributed by atoms with Crippen LogP contribution in [0.15, 0.2) is 108 Å². The Bertz CT molecular complexity index is 1630. The Labute approximate surface area is 238 Å². The Morgan fingerprint density at radius 2 is 1.63 bits per heavy atom. The fraction of sp³-hybridized carbons (Fsp3) is 0.206. The molecule has 0 aliphatic carbocycles. The Balaban J connectivity index is 1.09. The van der Waals surface area contributed by atoms with Crippen LogP contribution in [0.2, 0.25) is 0 Å². The summed E-state index contributed by atoms with van der Waals surface area (Å²) in [6.45, 7) is 1.47. The summed E-state index contributed by atoms with van der Waals surface area (Å²) in [4.78, 5) is 32.0. The number of oxazole rings is 1. The molecule has 0 spiro atoms. The molecule has 0 bridgehead atoms. The zero-order valence-corrected chi connectivity index (χ0v) is 22.5. The molecule has 4 aromatic carbocycles. The van der Waals surface area contributed by atoms with Gasteiger partial charge in [0, 0.05) is 24.1 Å². The lowest BCUT2D eigenvalue weighted by atomic mass is 9.88. The molecule has 5 aromatic rings. The van der Waals surface area contributed by atoms with E-state index in [9.17, 15) is 14.7 Å². The predicted molar refractivity (Wildman–Crippen MR) is 157 cm³/mol. The number of aromatic nitrogens is 1.